The SMILES string of the molecule is CCC(=O)N1N=C2c3cc(OC)ccc3CC[C@@H]2[C@@H]1c1ccc(Br)cc1. The van der Waals surface area contributed by atoms with Gasteiger partial charge in [0.2, 0.25) is 5.91 Å². The fraction of sp³-hybridized carbons (Fsp3) is 0.333. The van der Waals surface area contributed by atoms with Crippen LogP contribution in [0, 0.1) is 5.92 Å². The second-order valence-corrected chi connectivity index (χ2v) is 7.66. The lowest BCUT2D eigenvalue weighted by molar-refractivity contribution is -0.133. The highest BCUT2D eigenvalue weighted by molar-refractivity contribution is 9.10. The molecule has 0 N–H and O–H groups in total. The predicted molar refractivity (Wildman–Crippen MR) is 105 cm³/mol. The van der Waals surface area contributed by atoms with Crippen LogP contribution in [0.4, 0.5) is 0 Å². The number of fused-ring (bicyclic) bond motifs is 3. The maximum absolute atomic E-state index is 12.6. The minimum atomic E-state index is -0.0371. The maximum Gasteiger partial charge on any atom is 0.242 e. The lowest BCUT2D eigenvalue weighted by Crippen LogP contribution is -2.31. The highest BCUT2D eigenvalue weighted by atomic mass is 79.9. The van der Waals surface area contributed by atoms with Gasteiger partial charge in [0.05, 0.1) is 18.9 Å². The molecule has 1 aliphatic carbocycles. The lowest BCUT2D eigenvalue weighted by atomic mass is 9.77. The molecule has 0 radical (unpaired) electrons. The molecule has 2 atom stereocenters. The monoisotopic (exact) mass is 412 g/mol. The molecule has 0 spiro atoms. The van der Waals surface area contributed by atoms with Crippen LogP contribution in [-0.2, 0) is 11.2 Å². The molecule has 0 aromatic heterocycles. The van der Waals surface area contributed by atoms with Crippen molar-refractivity contribution < 1.29 is 9.53 Å². The van der Waals surface area contributed by atoms with Gasteiger partial charge in [-0.25, -0.2) is 5.01 Å². The van der Waals surface area contributed by atoms with E-state index in [9.17, 15) is 4.79 Å². The zero-order valence-electron chi connectivity index (χ0n) is 14.9. The zero-order valence-corrected chi connectivity index (χ0v) is 16.5. The number of benzene rings is 2. The number of amides is 1. The molecule has 26 heavy (non-hydrogen) atoms. The number of carbonyl (C=O) groups excluding carboxylic acids is 1. The Kier molecular flexibility index (Phi) is 4.57. The smallest absolute Gasteiger partial charge is 0.242 e. The molecular formula is C21H21BrN2O2. The molecule has 5 heteroatoms. The van der Waals surface area contributed by atoms with Crippen LogP contribution in [0.5, 0.6) is 5.75 Å². The summed E-state index contributed by atoms with van der Waals surface area (Å²) >= 11 is 3.49. The molecule has 0 saturated carbocycles. The van der Waals surface area contributed by atoms with Crippen LogP contribution in [0.15, 0.2) is 52.0 Å². The van der Waals surface area contributed by atoms with Crippen LogP contribution in [-0.4, -0.2) is 23.7 Å². The van der Waals surface area contributed by atoms with Gasteiger partial charge >= 0.3 is 0 Å². The van der Waals surface area contributed by atoms with E-state index in [1.165, 1.54) is 5.56 Å². The van der Waals surface area contributed by atoms with E-state index in [0.717, 1.165) is 39.9 Å². The molecule has 0 fully saturated rings. The van der Waals surface area contributed by atoms with Gasteiger partial charge in [0, 0.05) is 22.4 Å². The molecule has 0 saturated heterocycles. The number of nitrogens with zero attached hydrogens (tertiary/aromatic N) is 2. The van der Waals surface area contributed by atoms with Gasteiger partial charge in [-0.3, -0.25) is 4.79 Å². The fourth-order valence-electron chi connectivity index (χ4n) is 3.98. The number of aryl methyl sites for hydroxylation is 1. The second-order valence-electron chi connectivity index (χ2n) is 6.74. The molecule has 0 unspecified atom stereocenters. The van der Waals surface area contributed by atoms with Gasteiger partial charge < -0.3 is 4.74 Å². The van der Waals surface area contributed by atoms with Crippen molar-refractivity contribution in [1.29, 1.82) is 0 Å². The first-order valence-electron chi connectivity index (χ1n) is 8.95. The normalized spacial score (nSPS) is 21.0. The molecular weight excluding hydrogens is 392 g/mol. The quantitative estimate of drug-likeness (QED) is 0.731. The average Bonchev–Trinajstić information content (AvgIpc) is 3.07. The molecule has 1 amide bonds. The van der Waals surface area contributed by atoms with E-state index in [1.807, 2.05) is 25.1 Å². The number of carbonyl (C=O) groups is 1. The van der Waals surface area contributed by atoms with E-state index < -0.39 is 0 Å². The Bertz CT molecular complexity index is 876. The van der Waals surface area contributed by atoms with E-state index >= 15 is 0 Å². The van der Waals surface area contributed by atoms with Gasteiger partial charge in [0.25, 0.3) is 0 Å². The van der Waals surface area contributed by atoms with Crippen molar-refractivity contribution >= 4 is 27.5 Å². The summed E-state index contributed by atoms with van der Waals surface area (Å²) in [4.78, 5) is 12.6. The van der Waals surface area contributed by atoms with E-state index in [0.29, 0.717) is 6.42 Å². The summed E-state index contributed by atoms with van der Waals surface area (Å²) in [6.07, 6.45) is 2.43. The van der Waals surface area contributed by atoms with Crippen LogP contribution in [0.3, 0.4) is 0 Å². The Labute approximate surface area is 162 Å². The first-order valence-corrected chi connectivity index (χ1v) is 9.75. The molecule has 134 valence electrons. The summed E-state index contributed by atoms with van der Waals surface area (Å²) in [5, 5.41) is 6.52. The van der Waals surface area contributed by atoms with E-state index in [1.54, 1.807) is 12.1 Å². The molecule has 2 aromatic carbocycles. The zero-order chi connectivity index (χ0) is 18.3. The molecule has 2 aliphatic rings. The van der Waals surface area contributed by atoms with Crippen molar-refractivity contribution in [3.05, 3.63) is 63.6 Å². The predicted octanol–water partition coefficient (Wildman–Crippen LogP) is 4.72. The molecule has 4 rings (SSSR count). The third-order valence-electron chi connectivity index (χ3n) is 5.30. The third-order valence-corrected chi connectivity index (χ3v) is 5.83. The number of ether oxygens (including phenoxy) is 1. The molecule has 1 aliphatic heterocycles. The average molecular weight is 413 g/mol. The van der Waals surface area contributed by atoms with Crippen molar-refractivity contribution in [3.63, 3.8) is 0 Å². The van der Waals surface area contributed by atoms with E-state index in [2.05, 4.69) is 40.2 Å². The van der Waals surface area contributed by atoms with Crippen molar-refractivity contribution in [1.82, 2.24) is 5.01 Å². The number of rotatable bonds is 3. The van der Waals surface area contributed by atoms with Crippen LogP contribution >= 0.6 is 15.9 Å². The van der Waals surface area contributed by atoms with E-state index in [4.69, 9.17) is 9.84 Å². The summed E-state index contributed by atoms with van der Waals surface area (Å²) < 4.78 is 6.44. The topological polar surface area (TPSA) is 41.9 Å². The van der Waals surface area contributed by atoms with Crippen molar-refractivity contribution in [2.75, 3.05) is 7.11 Å². The summed E-state index contributed by atoms with van der Waals surface area (Å²) in [7, 11) is 1.68. The number of hydrazone groups is 1. The summed E-state index contributed by atoms with van der Waals surface area (Å²) in [5.41, 5.74) is 4.54. The van der Waals surface area contributed by atoms with Crippen LogP contribution < -0.4 is 4.74 Å². The van der Waals surface area contributed by atoms with Crippen LogP contribution in [0.2, 0.25) is 0 Å². The van der Waals surface area contributed by atoms with Crippen LogP contribution in [0.25, 0.3) is 0 Å². The van der Waals surface area contributed by atoms with Gasteiger partial charge in [-0.1, -0.05) is 41.1 Å². The van der Waals surface area contributed by atoms with Crippen LogP contribution in [0.1, 0.15) is 42.5 Å². The minimum Gasteiger partial charge on any atom is -0.497 e. The van der Waals surface area contributed by atoms with Gasteiger partial charge in [-0.05, 0) is 48.2 Å². The first kappa shape index (κ1) is 17.3. The summed E-state index contributed by atoms with van der Waals surface area (Å²) in [6, 6.07) is 14.4. The molecule has 2 aromatic rings. The number of halogens is 1. The Balaban J connectivity index is 1.80. The standard InChI is InChI=1S/C21H21BrN2O2/c1-3-19(25)24-21(14-4-8-15(22)9-5-14)17-11-7-13-6-10-16(26-2)12-18(13)20(17)23-24/h4-6,8-10,12,17,21H,3,7,11H2,1-2H3/t17-,21-/m0/s1. The van der Waals surface area contributed by atoms with Crippen molar-refractivity contribution in [2.45, 2.75) is 32.2 Å². The van der Waals surface area contributed by atoms with Gasteiger partial charge in [0.1, 0.15) is 5.75 Å². The number of hydrogen-bond acceptors (Lipinski definition) is 3. The Morgan fingerprint density at radius 3 is 2.73 bits per heavy atom. The Morgan fingerprint density at radius 1 is 1.27 bits per heavy atom. The third kappa shape index (κ3) is 2.84. The number of methoxy groups -OCH3 is 1. The minimum absolute atomic E-state index is 0.0371. The number of hydrogen-bond donors (Lipinski definition) is 0. The van der Waals surface area contributed by atoms with Gasteiger partial charge in [-0.2, -0.15) is 5.10 Å². The Morgan fingerprint density at radius 2 is 2.04 bits per heavy atom. The van der Waals surface area contributed by atoms with Crippen molar-refractivity contribution in [3.8, 4) is 5.75 Å². The van der Waals surface area contributed by atoms with E-state index in [-0.39, 0.29) is 17.9 Å². The summed E-state index contributed by atoms with van der Waals surface area (Å²) in [6.45, 7) is 1.89. The molecule has 0 bridgehead atoms. The Hall–Kier alpha value is -2.14. The fourth-order valence-corrected chi connectivity index (χ4v) is 4.24. The highest BCUT2D eigenvalue weighted by Gasteiger charge is 2.43. The maximum atomic E-state index is 12.6. The largest absolute Gasteiger partial charge is 0.497 e. The van der Waals surface area contributed by atoms with Gasteiger partial charge in [0.15, 0.2) is 0 Å². The lowest BCUT2D eigenvalue weighted by Gasteiger charge is -2.29. The molecule has 4 nitrogen and oxygen atoms in total. The van der Waals surface area contributed by atoms with Crippen molar-refractivity contribution in [2.24, 2.45) is 11.0 Å². The van der Waals surface area contributed by atoms with Gasteiger partial charge in [-0.15, -0.1) is 0 Å². The molecule has 1 heterocycles. The second kappa shape index (κ2) is 6.88. The first-order chi connectivity index (χ1) is 12.6. The highest BCUT2D eigenvalue weighted by Crippen LogP contribution is 2.44. The summed E-state index contributed by atoms with van der Waals surface area (Å²) in [5.74, 6) is 1.10.